The minimum absolute atomic E-state index is 0.243. The van der Waals surface area contributed by atoms with Crippen LogP contribution in [0.3, 0.4) is 0 Å². The molecule has 0 aliphatic heterocycles. The molecule has 0 unspecified atom stereocenters. The molecule has 0 amide bonds. The molecule has 0 aromatic rings. The lowest BCUT2D eigenvalue weighted by Gasteiger charge is -2.02. The van der Waals surface area contributed by atoms with Gasteiger partial charge >= 0.3 is 23.9 Å². The summed E-state index contributed by atoms with van der Waals surface area (Å²) in [5, 5.41) is 0. The molecule has 0 saturated carbocycles. The molecule has 21 heavy (non-hydrogen) atoms. The van der Waals surface area contributed by atoms with Crippen LogP contribution in [0.15, 0.2) is 0 Å². The fourth-order valence-electron chi connectivity index (χ4n) is 1.03. The molecule has 0 N–H and O–H groups in total. The van der Waals surface area contributed by atoms with E-state index in [9.17, 15) is 19.2 Å². The zero-order valence-corrected chi connectivity index (χ0v) is 13.6. The molecular formula is C15H26O6. The van der Waals surface area contributed by atoms with E-state index in [4.69, 9.17) is 0 Å². The summed E-state index contributed by atoms with van der Waals surface area (Å²) in [5.74, 6) is -1.50. The van der Waals surface area contributed by atoms with E-state index in [2.05, 4.69) is 9.47 Å². The first-order valence-electron chi connectivity index (χ1n) is 7.23. The van der Waals surface area contributed by atoms with Gasteiger partial charge in [-0.15, -0.1) is 0 Å². The second-order valence-corrected chi connectivity index (χ2v) is 4.75. The third-order valence-corrected chi connectivity index (χ3v) is 2.06. The average molecular weight is 302 g/mol. The Morgan fingerprint density at radius 2 is 1.19 bits per heavy atom. The van der Waals surface area contributed by atoms with Crippen LogP contribution in [0.2, 0.25) is 0 Å². The van der Waals surface area contributed by atoms with E-state index in [1.807, 2.05) is 20.8 Å². The van der Waals surface area contributed by atoms with E-state index >= 15 is 0 Å². The van der Waals surface area contributed by atoms with E-state index < -0.39 is 23.9 Å². The van der Waals surface area contributed by atoms with Crippen molar-refractivity contribution in [2.45, 2.75) is 66.7 Å². The van der Waals surface area contributed by atoms with Gasteiger partial charge in [0.05, 0.1) is 0 Å². The highest BCUT2D eigenvalue weighted by molar-refractivity contribution is 5.85. The zero-order chi connectivity index (χ0) is 16.8. The van der Waals surface area contributed by atoms with Gasteiger partial charge in [-0.05, 0) is 12.3 Å². The highest BCUT2D eigenvalue weighted by Crippen LogP contribution is 2.01. The van der Waals surface area contributed by atoms with Crippen molar-refractivity contribution in [2.24, 2.45) is 5.92 Å². The number of carbonyl (C=O) groups excluding carboxylic acids is 4. The van der Waals surface area contributed by atoms with Crippen LogP contribution < -0.4 is 0 Å². The van der Waals surface area contributed by atoms with Crippen molar-refractivity contribution in [2.75, 3.05) is 0 Å². The first kappa shape index (κ1) is 21.6. The molecule has 0 aromatic heterocycles. The van der Waals surface area contributed by atoms with E-state index in [1.165, 1.54) is 0 Å². The number of esters is 4. The van der Waals surface area contributed by atoms with Crippen molar-refractivity contribution in [1.29, 1.82) is 0 Å². The second kappa shape index (κ2) is 13.3. The summed E-state index contributed by atoms with van der Waals surface area (Å²) in [6.45, 7) is 8.97. The molecule has 6 heteroatoms. The van der Waals surface area contributed by atoms with Crippen LogP contribution in [0.4, 0.5) is 0 Å². The van der Waals surface area contributed by atoms with Crippen LogP contribution in [0, 0.1) is 5.92 Å². The van der Waals surface area contributed by atoms with Gasteiger partial charge in [0.15, 0.2) is 0 Å². The van der Waals surface area contributed by atoms with Crippen molar-refractivity contribution in [3.63, 3.8) is 0 Å². The summed E-state index contributed by atoms with van der Waals surface area (Å²) in [7, 11) is 0. The maximum Gasteiger partial charge on any atom is 0.313 e. The number of ether oxygens (including phenoxy) is 2. The Balaban J connectivity index is 0. The van der Waals surface area contributed by atoms with Crippen LogP contribution >= 0.6 is 0 Å². The molecule has 0 aromatic carbocycles. The lowest BCUT2D eigenvalue weighted by Crippen LogP contribution is -2.12. The highest BCUT2D eigenvalue weighted by atomic mass is 16.6. The van der Waals surface area contributed by atoms with Crippen molar-refractivity contribution >= 4 is 23.9 Å². The lowest BCUT2D eigenvalue weighted by molar-refractivity contribution is -0.161. The molecule has 0 aliphatic carbocycles. The lowest BCUT2D eigenvalue weighted by atomic mass is 10.1. The Hall–Kier alpha value is -1.72. The van der Waals surface area contributed by atoms with Gasteiger partial charge < -0.3 is 9.47 Å². The fraction of sp³-hybridized carbons (Fsp3) is 0.733. The molecule has 0 rings (SSSR count). The van der Waals surface area contributed by atoms with Gasteiger partial charge in [0.1, 0.15) is 0 Å². The smallest absolute Gasteiger partial charge is 0.313 e. The predicted octanol–water partition coefficient (Wildman–Crippen LogP) is 2.78. The number of rotatable bonds is 6. The van der Waals surface area contributed by atoms with Crippen LogP contribution in [0.1, 0.15) is 66.7 Å². The predicted molar refractivity (Wildman–Crippen MR) is 77.1 cm³/mol. The Morgan fingerprint density at radius 3 is 1.52 bits per heavy atom. The molecule has 0 atom stereocenters. The van der Waals surface area contributed by atoms with Crippen LogP contribution in [-0.2, 0) is 28.7 Å². The minimum Gasteiger partial charge on any atom is -0.393 e. The van der Waals surface area contributed by atoms with Crippen LogP contribution in [0.25, 0.3) is 0 Å². The van der Waals surface area contributed by atoms with E-state index in [1.54, 1.807) is 13.8 Å². The fourth-order valence-corrected chi connectivity index (χ4v) is 1.03. The molecular weight excluding hydrogens is 276 g/mol. The maximum absolute atomic E-state index is 10.8. The molecule has 0 saturated heterocycles. The summed E-state index contributed by atoms with van der Waals surface area (Å²) in [6.07, 6.45) is 1.87. The van der Waals surface area contributed by atoms with Crippen molar-refractivity contribution < 1.29 is 28.7 Å². The molecule has 0 fully saturated rings. The quantitative estimate of drug-likeness (QED) is 0.554. The van der Waals surface area contributed by atoms with Gasteiger partial charge in [0.25, 0.3) is 0 Å². The first-order chi connectivity index (χ1) is 9.76. The average Bonchev–Trinajstić information content (AvgIpc) is 2.38. The summed E-state index contributed by atoms with van der Waals surface area (Å²) >= 11 is 0. The molecule has 122 valence electrons. The van der Waals surface area contributed by atoms with Crippen molar-refractivity contribution in [3.8, 4) is 0 Å². The summed E-state index contributed by atoms with van der Waals surface area (Å²) in [5.41, 5.74) is 0. The van der Waals surface area contributed by atoms with Gasteiger partial charge in [0.2, 0.25) is 0 Å². The molecule has 0 heterocycles. The van der Waals surface area contributed by atoms with Crippen molar-refractivity contribution in [3.05, 3.63) is 0 Å². The zero-order valence-electron chi connectivity index (χ0n) is 13.6. The Labute approximate surface area is 126 Å². The SMILES string of the molecule is CCC(=O)OC(=O)CC(C)C.CCCC(=O)OC(=O)CC. The molecule has 0 radical (unpaired) electrons. The van der Waals surface area contributed by atoms with Gasteiger partial charge in [0, 0.05) is 25.7 Å². The van der Waals surface area contributed by atoms with E-state index in [0.29, 0.717) is 12.8 Å². The van der Waals surface area contributed by atoms with Gasteiger partial charge in [-0.1, -0.05) is 34.6 Å². The van der Waals surface area contributed by atoms with Gasteiger partial charge in [-0.3, -0.25) is 19.2 Å². The number of hydrogen-bond donors (Lipinski definition) is 0. The minimum atomic E-state index is -0.448. The third kappa shape index (κ3) is 16.2. The highest BCUT2D eigenvalue weighted by Gasteiger charge is 2.09. The monoisotopic (exact) mass is 302 g/mol. The Morgan fingerprint density at radius 1 is 0.762 bits per heavy atom. The summed E-state index contributed by atoms with van der Waals surface area (Å²) < 4.78 is 8.79. The topological polar surface area (TPSA) is 86.7 Å². The van der Waals surface area contributed by atoms with E-state index in [0.717, 1.165) is 6.42 Å². The van der Waals surface area contributed by atoms with E-state index in [-0.39, 0.29) is 18.8 Å². The molecule has 6 nitrogen and oxygen atoms in total. The Bertz CT molecular complexity index is 346. The van der Waals surface area contributed by atoms with Gasteiger partial charge in [-0.2, -0.15) is 0 Å². The molecule has 0 bridgehead atoms. The van der Waals surface area contributed by atoms with Crippen LogP contribution in [0.5, 0.6) is 0 Å². The first-order valence-corrected chi connectivity index (χ1v) is 7.23. The standard InChI is InChI=1S/C8H14O3.C7H12O3/c1-4-7(9)11-8(10)5-6(2)3;1-3-5-7(9)10-6(8)4-2/h6H,4-5H2,1-3H3;3-5H2,1-2H3. The normalized spacial score (nSPS) is 9.43. The molecule has 0 spiro atoms. The maximum atomic E-state index is 10.8. The number of carbonyl (C=O) groups is 4. The molecule has 0 aliphatic rings. The Kier molecular flexibility index (Phi) is 13.6. The van der Waals surface area contributed by atoms with Crippen molar-refractivity contribution in [1.82, 2.24) is 0 Å². The summed E-state index contributed by atoms with van der Waals surface area (Å²) in [4.78, 5) is 42.4. The third-order valence-electron chi connectivity index (χ3n) is 2.06. The summed E-state index contributed by atoms with van der Waals surface area (Å²) in [6, 6.07) is 0. The number of hydrogen-bond acceptors (Lipinski definition) is 6. The van der Waals surface area contributed by atoms with Gasteiger partial charge in [-0.25, -0.2) is 0 Å². The van der Waals surface area contributed by atoms with Crippen LogP contribution in [-0.4, -0.2) is 23.9 Å². The largest absolute Gasteiger partial charge is 0.393 e. The second-order valence-electron chi connectivity index (χ2n) is 4.75.